The average Bonchev–Trinajstić information content (AvgIpc) is 2.91. The lowest BCUT2D eigenvalue weighted by Crippen LogP contribution is -2.35. The van der Waals surface area contributed by atoms with Gasteiger partial charge in [-0.1, -0.05) is 6.07 Å². The highest BCUT2D eigenvalue weighted by molar-refractivity contribution is 5.82. The maximum atomic E-state index is 12.4. The molecule has 0 radical (unpaired) electrons. The van der Waals surface area contributed by atoms with Gasteiger partial charge in [-0.05, 0) is 31.0 Å². The van der Waals surface area contributed by atoms with Gasteiger partial charge in [0, 0.05) is 13.1 Å². The number of hydrogen-bond donors (Lipinski definition) is 1. The van der Waals surface area contributed by atoms with Crippen LogP contribution in [0.5, 0.6) is 11.5 Å². The van der Waals surface area contributed by atoms with Crippen LogP contribution in [-0.4, -0.2) is 48.2 Å². The number of carbonyl (C=O) groups excluding carboxylic acids is 1. The van der Waals surface area contributed by atoms with Crippen LogP contribution in [0.25, 0.3) is 0 Å². The molecule has 1 saturated heterocycles. The van der Waals surface area contributed by atoms with Crippen LogP contribution in [0.3, 0.4) is 0 Å². The van der Waals surface area contributed by atoms with Gasteiger partial charge in [-0.2, -0.15) is 0 Å². The van der Waals surface area contributed by atoms with Crippen molar-refractivity contribution < 1.29 is 24.2 Å². The van der Waals surface area contributed by atoms with E-state index in [-0.39, 0.29) is 18.9 Å². The lowest BCUT2D eigenvalue weighted by molar-refractivity contribution is -0.147. The van der Waals surface area contributed by atoms with Crippen LogP contribution in [0.1, 0.15) is 18.9 Å². The molecule has 0 aliphatic carbocycles. The van der Waals surface area contributed by atoms with E-state index in [0.29, 0.717) is 37.7 Å². The molecule has 1 atom stereocenters. The quantitative estimate of drug-likeness (QED) is 0.911. The van der Waals surface area contributed by atoms with Crippen LogP contribution in [0, 0.1) is 5.41 Å². The number of likely N-dealkylation sites (tertiary alicyclic amines) is 1. The molecule has 1 N–H and O–H groups in total. The highest BCUT2D eigenvalue weighted by Gasteiger charge is 2.41. The average molecular weight is 305 g/mol. The molecular weight excluding hydrogens is 286 g/mol. The van der Waals surface area contributed by atoms with Crippen molar-refractivity contribution in [2.45, 2.75) is 19.8 Å². The fourth-order valence-corrected chi connectivity index (χ4v) is 2.83. The molecule has 1 aromatic rings. The molecule has 2 heterocycles. The van der Waals surface area contributed by atoms with Crippen LogP contribution in [-0.2, 0) is 16.0 Å². The van der Waals surface area contributed by atoms with Gasteiger partial charge < -0.3 is 19.5 Å². The second kappa shape index (κ2) is 5.51. The molecule has 6 nitrogen and oxygen atoms in total. The Morgan fingerprint density at radius 2 is 2.00 bits per heavy atom. The number of carbonyl (C=O) groups is 2. The second-order valence-electron chi connectivity index (χ2n) is 6.09. The van der Waals surface area contributed by atoms with E-state index in [1.807, 2.05) is 18.2 Å². The summed E-state index contributed by atoms with van der Waals surface area (Å²) in [4.78, 5) is 25.2. The largest absolute Gasteiger partial charge is 0.486 e. The van der Waals surface area contributed by atoms with Crippen molar-refractivity contribution in [1.29, 1.82) is 0 Å². The molecule has 3 rings (SSSR count). The van der Waals surface area contributed by atoms with E-state index in [1.54, 1.807) is 11.8 Å². The Morgan fingerprint density at radius 1 is 1.27 bits per heavy atom. The van der Waals surface area contributed by atoms with Gasteiger partial charge in [0.2, 0.25) is 5.91 Å². The summed E-state index contributed by atoms with van der Waals surface area (Å²) < 4.78 is 11.0. The van der Waals surface area contributed by atoms with E-state index in [4.69, 9.17) is 9.47 Å². The number of fused-ring (bicyclic) bond motifs is 1. The Kier molecular flexibility index (Phi) is 3.68. The van der Waals surface area contributed by atoms with Gasteiger partial charge in [0.1, 0.15) is 13.2 Å². The topological polar surface area (TPSA) is 76.1 Å². The van der Waals surface area contributed by atoms with E-state index in [0.717, 1.165) is 5.56 Å². The minimum atomic E-state index is -0.845. The first-order valence-corrected chi connectivity index (χ1v) is 7.38. The molecular formula is C16H19NO5. The predicted molar refractivity (Wildman–Crippen MR) is 78.1 cm³/mol. The van der Waals surface area contributed by atoms with E-state index in [2.05, 4.69) is 0 Å². The number of rotatable bonds is 3. The fourth-order valence-electron chi connectivity index (χ4n) is 2.83. The summed E-state index contributed by atoms with van der Waals surface area (Å²) in [6.45, 7) is 3.49. The third-order valence-electron chi connectivity index (χ3n) is 4.30. The van der Waals surface area contributed by atoms with Gasteiger partial charge in [-0.3, -0.25) is 9.59 Å². The van der Waals surface area contributed by atoms with Crippen LogP contribution < -0.4 is 9.47 Å². The Hall–Kier alpha value is -2.24. The van der Waals surface area contributed by atoms with Gasteiger partial charge in [0.15, 0.2) is 11.5 Å². The van der Waals surface area contributed by atoms with Crippen molar-refractivity contribution in [2.75, 3.05) is 26.3 Å². The summed E-state index contributed by atoms with van der Waals surface area (Å²) in [6, 6.07) is 5.47. The Labute approximate surface area is 128 Å². The zero-order valence-corrected chi connectivity index (χ0v) is 12.5. The second-order valence-corrected chi connectivity index (χ2v) is 6.09. The zero-order valence-electron chi connectivity index (χ0n) is 12.5. The van der Waals surface area contributed by atoms with Crippen molar-refractivity contribution in [3.05, 3.63) is 23.8 Å². The number of carboxylic acids is 1. The maximum Gasteiger partial charge on any atom is 0.311 e. The third kappa shape index (κ3) is 2.73. The summed E-state index contributed by atoms with van der Waals surface area (Å²) in [6.07, 6.45) is 0.738. The van der Waals surface area contributed by atoms with Crippen molar-refractivity contribution in [3.63, 3.8) is 0 Å². The predicted octanol–water partition coefficient (Wildman–Crippen LogP) is 1.32. The summed E-state index contributed by atoms with van der Waals surface area (Å²) in [5.74, 6) is 0.458. The number of ether oxygens (including phenoxy) is 2. The summed E-state index contributed by atoms with van der Waals surface area (Å²) in [5, 5.41) is 9.23. The van der Waals surface area contributed by atoms with Gasteiger partial charge in [0.05, 0.1) is 11.8 Å². The molecule has 0 saturated carbocycles. The highest BCUT2D eigenvalue weighted by Crippen LogP contribution is 2.32. The van der Waals surface area contributed by atoms with Crippen LogP contribution in [0.15, 0.2) is 18.2 Å². The molecule has 0 unspecified atom stereocenters. The van der Waals surface area contributed by atoms with E-state index < -0.39 is 11.4 Å². The van der Waals surface area contributed by atoms with Crippen molar-refractivity contribution in [3.8, 4) is 11.5 Å². The molecule has 1 aromatic carbocycles. The number of benzene rings is 1. The third-order valence-corrected chi connectivity index (χ3v) is 4.30. The molecule has 2 aliphatic heterocycles. The van der Waals surface area contributed by atoms with Crippen LogP contribution in [0.4, 0.5) is 0 Å². The minimum Gasteiger partial charge on any atom is -0.486 e. The standard InChI is InChI=1S/C16H19NO5/c1-16(15(19)20)4-5-17(10-16)14(18)9-11-2-3-12-13(8-11)22-7-6-21-12/h2-3,8H,4-7,9-10H2,1H3,(H,19,20)/t16-/m1/s1. The molecule has 0 aromatic heterocycles. The minimum absolute atomic E-state index is 0.0540. The van der Waals surface area contributed by atoms with Crippen molar-refractivity contribution in [1.82, 2.24) is 4.90 Å². The van der Waals surface area contributed by atoms with E-state index in [1.165, 1.54) is 0 Å². The number of carboxylic acid groups (broad SMARTS) is 1. The zero-order chi connectivity index (χ0) is 15.7. The van der Waals surface area contributed by atoms with E-state index in [9.17, 15) is 14.7 Å². The molecule has 22 heavy (non-hydrogen) atoms. The number of nitrogens with zero attached hydrogens (tertiary/aromatic N) is 1. The molecule has 1 fully saturated rings. The van der Waals surface area contributed by atoms with E-state index >= 15 is 0 Å². The Bertz CT molecular complexity index is 615. The molecule has 118 valence electrons. The summed E-state index contributed by atoms with van der Waals surface area (Å²) in [5.41, 5.74) is 0.0146. The number of hydrogen-bond acceptors (Lipinski definition) is 4. The normalized spacial score (nSPS) is 23.4. The van der Waals surface area contributed by atoms with Gasteiger partial charge in [0.25, 0.3) is 0 Å². The molecule has 6 heteroatoms. The first-order valence-electron chi connectivity index (χ1n) is 7.38. The Balaban J connectivity index is 1.66. The van der Waals surface area contributed by atoms with Crippen molar-refractivity contribution in [2.24, 2.45) is 5.41 Å². The monoisotopic (exact) mass is 305 g/mol. The molecule has 1 amide bonds. The smallest absolute Gasteiger partial charge is 0.311 e. The lowest BCUT2D eigenvalue weighted by atomic mass is 9.90. The number of aliphatic carboxylic acids is 1. The maximum absolute atomic E-state index is 12.4. The van der Waals surface area contributed by atoms with Gasteiger partial charge >= 0.3 is 5.97 Å². The van der Waals surface area contributed by atoms with Crippen LogP contribution >= 0.6 is 0 Å². The van der Waals surface area contributed by atoms with Crippen LogP contribution in [0.2, 0.25) is 0 Å². The van der Waals surface area contributed by atoms with Gasteiger partial charge in [-0.25, -0.2) is 0 Å². The number of amides is 1. The Morgan fingerprint density at radius 3 is 2.68 bits per heavy atom. The molecule has 2 aliphatic rings. The molecule has 0 spiro atoms. The molecule has 0 bridgehead atoms. The first kappa shape index (κ1) is 14.7. The lowest BCUT2D eigenvalue weighted by Gasteiger charge is -2.21. The summed E-state index contributed by atoms with van der Waals surface area (Å²) >= 11 is 0. The highest BCUT2D eigenvalue weighted by atomic mass is 16.6. The van der Waals surface area contributed by atoms with Gasteiger partial charge in [-0.15, -0.1) is 0 Å². The fraction of sp³-hybridized carbons (Fsp3) is 0.500. The summed E-state index contributed by atoms with van der Waals surface area (Å²) in [7, 11) is 0. The SMILES string of the molecule is C[C@@]1(C(=O)O)CCN(C(=O)Cc2ccc3c(c2)OCCO3)C1. The van der Waals surface area contributed by atoms with Crippen molar-refractivity contribution >= 4 is 11.9 Å². The first-order chi connectivity index (χ1) is 10.5.